The van der Waals surface area contributed by atoms with Crippen molar-refractivity contribution in [3.63, 3.8) is 0 Å². The number of morpholine rings is 1. The molecule has 2 aliphatic heterocycles. The van der Waals surface area contributed by atoms with Crippen LogP contribution < -0.4 is 9.64 Å². The second-order valence-corrected chi connectivity index (χ2v) is 7.38. The molecule has 1 aromatic heterocycles. The van der Waals surface area contributed by atoms with Gasteiger partial charge in [-0.15, -0.1) is 0 Å². The predicted octanol–water partition coefficient (Wildman–Crippen LogP) is 3.98. The molecule has 0 atom stereocenters. The molecule has 0 aliphatic carbocycles. The van der Waals surface area contributed by atoms with Crippen LogP contribution in [0.1, 0.15) is 18.9 Å². The molecular weight excluding hydrogens is 376 g/mol. The maximum atomic E-state index is 5.50. The van der Waals surface area contributed by atoms with Crippen molar-refractivity contribution in [1.82, 2.24) is 9.88 Å². The van der Waals surface area contributed by atoms with Crippen LogP contribution in [0.25, 0.3) is 5.57 Å². The molecule has 156 valence electrons. The Bertz CT molecular complexity index is 962. The van der Waals surface area contributed by atoms with Crippen LogP contribution in [0.5, 0.6) is 5.75 Å². The minimum absolute atomic E-state index is 0.739. The third-order valence-electron chi connectivity index (χ3n) is 5.60. The summed E-state index contributed by atoms with van der Waals surface area (Å²) in [5.41, 5.74) is 4.29. The van der Waals surface area contributed by atoms with E-state index >= 15 is 0 Å². The van der Waals surface area contributed by atoms with E-state index in [2.05, 4.69) is 34.4 Å². The first kappa shape index (κ1) is 20.2. The maximum absolute atomic E-state index is 5.50. The number of rotatable bonds is 5. The normalized spacial score (nSPS) is 17.5. The van der Waals surface area contributed by atoms with Gasteiger partial charge in [-0.25, -0.2) is 4.99 Å². The third-order valence-corrected chi connectivity index (χ3v) is 5.60. The summed E-state index contributed by atoms with van der Waals surface area (Å²) >= 11 is 0. The van der Waals surface area contributed by atoms with Crippen molar-refractivity contribution in [3.8, 4) is 5.75 Å². The molecule has 4 rings (SSSR count). The molecule has 0 amide bonds. The van der Waals surface area contributed by atoms with Gasteiger partial charge in [-0.05, 0) is 48.7 Å². The average Bonchev–Trinajstić information content (AvgIpc) is 3.23. The van der Waals surface area contributed by atoms with Crippen molar-refractivity contribution >= 4 is 17.1 Å². The van der Waals surface area contributed by atoms with Crippen LogP contribution in [0.4, 0.5) is 5.69 Å². The number of ether oxygens (including phenoxy) is 2. The lowest BCUT2D eigenvalue weighted by atomic mass is 9.98. The van der Waals surface area contributed by atoms with Gasteiger partial charge in [-0.1, -0.05) is 18.7 Å². The monoisotopic (exact) mass is 404 g/mol. The Morgan fingerprint density at radius 3 is 2.63 bits per heavy atom. The fourth-order valence-corrected chi connectivity index (χ4v) is 3.89. The van der Waals surface area contributed by atoms with E-state index < -0.39 is 0 Å². The molecule has 30 heavy (non-hydrogen) atoms. The Hall–Kier alpha value is -3.12. The van der Waals surface area contributed by atoms with E-state index in [1.807, 2.05) is 42.7 Å². The van der Waals surface area contributed by atoms with E-state index in [4.69, 9.17) is 14.5 Å². The van der Waals surface area contributed by atoms with Crippen LogP contribution in [-0.4, -0.2) is 55.7 Å². The second kappa shape index (κ2) is 9.13. The number of hydrogen-bond donors (Lipinski definition) is 0. The number of methoxy groups -OCH3 is 1. The van der Waals surface area contributed by atoms with Crippen molar-refractivity contribution in [2.24, 2.45) is 4.99 Å². The Morgan fingerprint density at radius 1 is 1.13 bits per heavy atom. The zero-order valence-corrected chi connectivity index (χ0v) is 17.7. The summed E-state index contributed by atoms with van der Waals surface area (Å²) in [5.74, 6) is 2.79. The largest absolute Gasteiger partial charge is 0.497 e. The van der Waals surface area contributed by atoms with Crippen molar-refractivity contribution in [1.29, 1.82) is 0 Å². The van der Waals surface area contributed by atoms with E-state index in [-0.39, 0.29) is 0 Å². The number of aromatic nitrogens is 1. The molecule has 0 bridgehead atoms. The second-order valence-electron chi connectivity index (χ2n) is 7.38. The Kier molecular flexibility index (Phi) is 6.14. The number of benzene rings is 1. The fourth-order valence-electron chi connectivity index (χ4n) is 3.89. The Labute approximate surface area is 178 Å². The molecule has 1 saturated heterocycles. The van der Waals surface area contributed by atoms with Crippen LogP contribution in [0.2, 0.25) is 0 Å². The van der Waals surface area contributed by atoms with Crippen LogP contribution in [0, 0.1) is 0 Å². The van der Waals surface area contributed by atoms with Gasteiger partial charge in [0.1, 0.15) is 17.4 Å². The van der Waals surface area contributed by atoms with E-state index in [0.717, 1.165) is 79.1 Å². The Balaban J connectivity index is 1.74. The number of nitrogens with zero attached hydrogens (tertiary/aromatic N) is 4. The van der Waals surface area contributed by atoms with Crippen molar-refractivity contribution in [2.45, 2.75) is 13.3 Å². The van der Waals surface area contributed by atoms with Crippen molar-refractivity contribution in [3.05, 3.63) is 72.3 Å². The predicted molar refractivity (Wildman–Crippen MR) is 121 cm³/mol. The first-order chi connectivity index (χ1) is 14.7. The molecule has 0 saturated carbocycles. The lowest BCUT2D eigenvalue weighted by Gasteiger charge is -2.29. The lowest BCUT2D eigenvalue weighted by Crippen LogP contribution is -2.39. The number of aliphatic imine (C=N–C) groups is 1. The van der Waals surface area contributed by atoms with Gasteiger partial charge in [-0.2, -0.15) is 0 Å². The topological polar surface area (TPSA) is 50.2 Å². The Morgan fingerprint density at radius 2 is 1.90 bits per heavy atom. The maximum Gasteiger partial charge on any atom is 0.138 e. The average molecular weight is 405 g/mol. The van der Waals surface area contributed by atoms with Crippen molar-refractivity contribution < 1.29 is 9.47 Å². The van der Waals surface area contributed by atoms with Crippen LogP contribution in [0.15, 0.2) is 71.8 Å². The van der Waals surface area contributed by atoms with Gasteiger partial charge in [-0.3, -0.25) is 4.98 Å². The van der Waals surface area contributed by atoms with Gasteiger partial charge in [0, 0.05) is 43.3 Å². The number of amidine groups is 1. The molecule has 0 radical (unpaired) electrons. The van der Waals surface area contributed by atoms with Crippen LogP contribution in [-0.2, 0) is 4.74 Å². The summed E-state index contributed by atoms with van der Waals surface area (Å²) in [6, 6.07) is 12.1. The highest BCUT2D eigenvalue weighted by Crippen LogP contribution is 2.37. The molecule has 1 fully saturated rings. The summed E-state index contributed by atoms with van der Waals surface area (Å²) in [5, 5.41) is 0. The first-order valence-corrected chi connectivity index (χ1v) is 10.3. The number of anilines is 1. The van der Waals surface area contributed by atoms with Gasteiger partial charge in [0.05, 0.1) is 20.3 Å². The first-order valence-electron chi connectivity index (χ1n) is 10.3. The highest BCUT2D eigenvalue weighted by Gasteiger charge is 2.27. The van der Waals surface area contributed by atoms with Crippen molar-refractivity contribution in [2.75, 3.05) is 44.9 Å². The highest BCUT2D eigenvalue weighted by atomic mass is 16.5. The molecular formula is C24H28N4O2. The van der Waals surface area contributed by atoms with Crippen LogP contribution in [0.3, 0.4) is 0 Å². The van der Waals surface area contributed by atoms with E-state index in [0.29, 0.717) is 0 Å². The fraction of sp³-hybridized carbons (Fsp3) is 0.333. The molecule has 6 heteroatoms. The van der Waals surface area contributed by atoms with E-state index in [9.17, 15) is 0 Å². The summed E-state index contributed by atoms with van der Waals surface area (Å²) < 4.78 is 10.9. The van der Waals surface area contributed by atoms with Gasteiger partial charge in [0.2, 0.25) is 0 Å². The standard InChI is InChI=1S/C24H28N4O2/c1-18(20-5-4-6-22(17-20)29-3)23-9-12-28(21-7-10-25-11-8-21)24(23)26-19(2)27-13-15-30-16-14-27/h4-8,10-11,17H,1,9,12-16H2,2-3H3/b26-19+. The number of allylic oxidation sites excluding steroid dienone is 1. The lowest BCUT2D eigenvalue weighted by molar-refractivity contribution is 0.0678. The summed E-state index contributed by atoms with van der Waals surface area (Å²) in [6.07, 6.45) is 4.52. The molecule has 2 aliphatic rings. The third kappa shape index (κ3) is 4.24. The summed E-state index contributed by atoms with van der Waals surface area (Å²) in [7, 11) is 1.68. The van der Waals surface area contributed by atoms with Gasteiger partial charge >= 0.3 is 0 Å². The SMILES string of the molecule is C=C(C1=C(/N=C(\C)N2CCOCC2)N(c2ccncc2)CC1)c1cccc(OC)c1. The van der Waals surface area contributed by atoms with Crippen LogP contribution >= 0.6 is 0 Å². The molecule has 0 N–H and O–H groups in total. The highest BCUT2D eigenvalue weighted by molar-refractivity contribution is 5.85. The number of pyridine rings is 1. The zero-order chi connectivity index (χ0) is 20.9. The zero-order valence-electron chi connectivity index (χ0n) is 17.7. The molecule has 0 spiro atoms. The quantitative estimate of drug-likeness (QED) is 0.557. The molecule has 0 unspecified atom stereocenters. The number of hydrogen-bond acceptors (Lipinski definition) is 5. The van der Waals surface area contributed by atoms with Gasteiger partial charge in [0.25, 0.3) is 0 Å². The molecule has 6 nitrogen and oxygen atoms in total. The van der Waals surface area contributed by atoms with Gasteiger partial charge < -0.3 is 19.3 Å². The van der Waals surface area contributed by atoms with Gasteiger partial charge in [0.15, 0.2) is 0 Å². The van der Waals surface area contributed by atoms with E-state index in [1.54, 1.807) is 7.11 Å². The molecule has 3 heterocycles. The molecule has 2 aromatic rings. The van der Waals surface area contributed by atoms with E-state index in [1.165, 1.54) is 0 Å². The minimum atomic E-state index is 0.739. The summed E-state index contributed by atoms with van der Waals surface area (Å²) in [4.78, 5) is 13.8. The summed E-state index contributed by atoms with van der Waals surface area (Å²) in [6.45, 7) is 10.6. The molecule has 1 aromatic carbocycles. The smallest absolute Gasteiger partial charge is 0.138 e. The minimum Gasteiger partial charge on any atom is -0.497 e.